The number of hydrogen-bond acceptors (Lipinski definition) is 16. The van der Waals surface area contributed by atoms with E-state index in [1.807, 2.05) is 38.1 Å². The third-order valence-corrected chi connectivity index (χ3v) is 15.0. The molecule has 5 N–H and O–H groups in total. The molecular weight excluding hydrogens is 871 g/mol. The van der Waals surface area contributed by atoms with Crippen molar-refractivity contribution >= 4 is 39.2 Å². The zero-order chi connectivity index (χ0) is 46.2. The van der Waals surface area contributed by atoms with Gasteiger partial charge >= 0.3 is 5.69 Å². The number of piperazine rings is 1. The van der Waals surface area contributed by atoms with Crippen molar-refractivity contribution in [2.45, 2.75) is 64.6 Å². The SMILES string of the molecule is CC(C)c1cc(-c2n[nH]c(=O)n2-c2ccc(CN3CCN(C4CCN(C(=O)C5CCN(Cc6cc7nc(-c8cnc(N)nc8)nc(N8CCOCC8)c7s6)CC5)CC4)CC3)cc2)c(O)cc1O. The lowest BCUT2D eigenvalue weighted by molar-refractivity contribution is -0.138. The molecule has 6 aromatic rings. The summed E-state index contributed by atoms with van der Waals surface area (Å²) < 4.78 is 8.17. The average Bonchev–Trinajstić information content (AvgIpc) is 3.94. The molecule has 0 atom stereocenters. The monoisotopic (exact) mass is 929 g/mol. The number of benzene rings is 2. The molecule has 0 aliphatic carbocycles. The Balaban J connectivity index is 0.686. The van der Waals surface area contributed by atoms with Crippen LogP contribution in [0.4, 0.5) is 11.8 Å². The number of thiophene rings is 1. The fourth-order valence-corrected chi connectivity index (χ4v) is 11.3. The van der Waals surface area contributed by atoms with Gasteiger partial charge in [0.2, 0.25) is 11.9 Å². The van der Waals surface area contributed by atoms with Crippen molar-refractivity contribution in [2.75, 3.05) is 89.3 Å². The Hall–Kier alpha value is -5.99. The number of aromatic amines is 1. The van der Waals surface area contributed by atoms with Crippen molar-refractivity contribution in [2.24, 2.45) is 5.92 Å². The predicted molar refractivity (Wildman–Crippen MR) is 257 cm³/mol. The number of rotatable bonds is 11. The number of nitrogens with two attached hydrogens (primary N) is 1. The lowest BCUT2D eigenvalue weighted by Gasteiger charge is -2.43. The van der Waals surface area contributed by atoms with Gasteiger partial charge < -0.3 is 30.5 Å². The molecule has 2 aromatic carbocycles. The highest BCUT2D eigenvalue weighted by Crippen LogP contribution is 2.38. The van der Waals surface area contributed by atoms with E-state index in [1.165, 1.54) is 15.5 Å². The second kappa shape index (κ2) is 19.3. The summed E-state index contributed by atoms with van der Waals surface area (Å²) in [7, 11) is 0. The molecule has 4 saturated heterocycles. The smallest absolute Gasteiger partial charge is 0.348 e. The summed E-state index contributed by atoms with van der Waals surface area (Å²) in [4.78, 5) is 58.3. The Morgan fingerprint density at radius 1 is 0.851 bits per heavy atom. The average molecular weight is 930 g/mol. The zero-order valence-corrected chi connectivity index (χ0v) is 39.0. The summed E-state index contributed by atoms with van der Waals surface area (Å²) in [5.74, 6) is 2.27. The molecule has 8 heterocycles. The molecule has 0 unspecified atom stereocenters. The highest BCUT2D eigenvalue weighted by molar-refractivity contribution is 7.19. The predicted octanol–water partition coefficient (Wildman–Crippen LogP) is 4.66. The van der Waals surface area contributed by atoms with Gasteiger partial charge in [-0.3, -0.25) is 19.5 Å². The number of ether oxygens (including phenoxy) is 1. The number of anilines is 2. The molecule has 0 saturated carbocycles. The van der Waals surface area contributed by atoms with Crippen LogP contribution in [0.5, 0.6) is 11.5 Å². The van der Waals surface area contributed by atoms with Crippen LogP contribution in [0, 0.1) is 5.92 Å². The molecule has 10 rings (SSSR count). The third kappa shape index (κ3) is 9.60. The standard InChI is InChI=1S/C48H59N13O5S/c1-30(2)37-24-38(41(63)25-40(37)62)44-54-55-48(65)61(44)35-5-3-31(4-6-35)28-57-15-17-58(18-16-57)34-9-13-60(14-10-34)46(64)32-7-11-56(12-8-32)29-36-23-39-42(67-36)45(59-19-21-66-22-20-59)53-43(52-39)33-26-50-47(49)51-27-33/h3-6,23-27,30,32,34,62-63H,7-22,28-29H2,1-2H3,(H,55,65)(H2,49,50,51). The van der Waals surface area contributed by atoms with Gasteiger partial charge in [-0.2, -0.15) is 5.10 Å². The van der Waals surface area contributed by atoms with Crippen LogP contribution in [0.3, 0.4) is 0 Å². The number of carbonyl (C=O) groups is 1. The Morgan fingerprint density at radius 3 is 2.25 bits per heavy atom. The van der Waals surface area contributed by atoms with Crippen molar-refractivity contribution in [3.05, 3.63) is 81.3 Å². The molecule has 19 heteroatoms. The molecule has 18 nitrogen and oxygen atoms in total. The number of phenols is 2. The Labute approximate surface area is 393 Å². The molecule has 4 fully saturated rings. The summed E-state index contributed by atoms with van der Waals surface area (Å²) >= 11 is 1.76. The second-order valence-electron chi connectivity index (χ2n) is 18.6. The first-order valence-electron chi connectivity index (χ1n) is 23.6. The number of likely N-dealkylation sites (tertiary alicyclic amines) is 2. The number of nitrogen functional groups attached to an aromatic ring is 1. The van der Waals surface area contributed by atoms with Gasteiger partial charge in [0.05, 0.1) is 40.2 Å². The minimum absolute atomic E-state index is 0.00556. The topological polar surface area (TPSA) is 211 Å². The second-order valence-corrected chi connectivity index (χ2v) is 19.7. The number of piperidine rings is 2. The van der Waals surface area contributed by atoms with Gasteiger partial charge in [0.15, 0.2) is 17.5 Å². The van der Waals surface area contributed by atoms with Gasteiger partial charge in [-0.1, -0.05) is 26.0 Å². The summed E-state index contributed by atoms with van der Waals surface area (Å²) in [6.45, 7) is 15.7. The molecule has 0 spiro atoms. The maximum absolute atomic E-state index is 13.8. The third-order valence-electron chi connectivity index (χ3n) is 13.9. The molecule has 1 amide bonds. The summed E-state index contributed by atoms with van der Waals surface area (Å²) in [5, 5.41) is 27.8. The Morgan fingerprint density at radius 2 is 1.55 bits per heavy atom. The number of aromatic nitrogens is 7. The van der Waals surface area contributed by atoms with Crippen LogP contribution in [-0.2, 0) is 22.6 Å². The first-order chi connectivity index (χ1) is 32.5. The van der Waals surface area contributed by atoms with E-state index < -0.39 is 5.69 Å². The first-order valence-corrected chi connectivity index (χ1v) is 24.4. The molecule has 4 aromatic heterocycles. The van der Waals surface area contributed by atoms with E-state index in [2.05, 4.69) is 50.7 Å². The summed E-state index contributed by atoms with van der Waals surface area (Å²) in [6, 6.07) is 13.6. The molecule has 352 valence electrons. The Kier molecular flexibility index (Phi) is 12.9. The van der Waals surface area contributed by atoms with E-state index in [1.54, 1.807) is 29.8 Å². The van der Waals surface area contributed by atoms with Crippen LogP contribution in [0.2, 0.25) is 0 Å². The normalized spacial score (nSPS) is 18.7. The number of nitrogens with one attached hydrogen (secondary N) is 1. The van der Waals surface area contributed by atoms with E-state index in [9.17, 15) is 19.8 Å². The van der Waals surface area contributed by atoms with E-state index in [0.717, 1.165) is 131 Å². The van der Waals surface area contributed by atoms with Gasteiger partial charge in [-0.25, -0.2) is 34.4 Å². The minimum atomic E-state index is -0.411. The van der Waals surface area contributed by atoms with E-state index in [-0.39, 0.29) is 35.1 Å². The van der Waals surface area contributed by atoms with E-state index in [0.29, 0.717) is 47.8 Å². The number of hydrogen-bond donors (Lipinski definition) is 4. The van der Waals surface area contributed by atoms with Gasteiger partial charge in [0.25, 0.3) is 0 Å². The number of nitrogens with zero attached hydrogens (tertiary/aromatic N) is 11. The Bertz CT molecular complexity index is 2750. The fraction of sp³-hybridized carbons (Fsp3) is 0.479. The number of amides is 1. The zero-order valence-electron chi connectivity index (χ0n) is 38.2. The minimum Gasteiger partial charge on any atom is -0.508 e. The van der Waals surface area contributed by atoms with Gasteiger partial charge in [0, 0.05) is 101 Å². The number of fused-ring (bicyclic) bond motifs is 1. The van der Waals surface area contributed by atoms with Crippen LogP contribution >= 0.6 is 11.3 Å². The number of morpholine rings is 1. The van der Waals surface area contributed by atoms with Crippen LogP contribution < -0.4 is 16.3 Å². The largest absolute Gasteiger partial charge is 0.508 e. The van der Waals surface area contributed by atoms with Gasteiger partial charge in [-0.05, 0) is 80.1 Å². The lowest BCUT2D eigenvalue weighted by atomic mass is 9.93. The molecule has 67 heavy (non-hydrogen) atoms. The first kappa shape index (κ1) is 44.8. The van der Waals surface area contributed by atoms with Crippen LogP contribution in [0.25, 0.3) is 38.7 Å². The quantitative estimate of drug-likeness (QED) is 0.139. The fourth-order valence-electron chi connectivity index (χ4n) is 10.1. The maximum Gasteiger partial charge on any atom is 0.348 e. The molecule has 0 bridgehead atoms. The van der Waals surface area contributed by atoms with Crippen molar-refractivity contribution in [1.82, 2.24) is 54.3 Å². The van der Waals surface area contributed by atoms with Crippen molar-refractivity contribution in [3.8, 4) is 40.0 Å². The van der Waals surface area contributed by atoms with Gasteiger partial charge in [0.1, 0.15) is 11.5 Å². The molecule has 0 radical (unpaired) electrons. The highest BCUT2D eigenvalue weighted by atomic mass is 32.1. The van der Waals surface area contributed by atoms with Crippen molar-refractivity contribution < 1.29 is 19.7 Å². The number of phenolic OH excluding ortho intramolecular Hbond substituents is 2. The summed E-state index contributed by atoms with van der Waals surface area (Å²) in [6.07, 6.45) is 7.11. The van der Waals surface area contributed by atoms with E-state index in [4.69, 9.17) is 20.4 Å². The van der Waals surface area contributed by atoms with Crippen molar-refractivity contribution in [1.29, 1.82) is 0 Å². The van der Waals surface area contributed by atoms with Crippen LogP contribution in [0.15, 0.2) is 59.7 Å². The van der Waals surface area contributed by atoms with Crippen LogP contribution in [0.1, 0.15) is 61.5 Å². The number of H-pyrrole nitrogens is 1. The maximum atomic E-state index is 13.8. The van der Waals surface area contributed by atoms with E-state index >= 15 is 0 Å². The molecule has 4 aliphatic heterocycles. The lowest BCUT2D eigenvalue weighted by Crippen LogP contribution is -2.54. The van der Waals surface area contributed by atoms with Crippen molar-refractivity contribution in [3.63, 3.8) is 0 Å². The highest BCUT2D eigenvalue weighted by Gasteiger charge is 2.34. The number of carbonyl (C=O) groups excluding carboxylic acids is 1. The summed E-state index contributed by atoms with van der Waals surface area (Å²) in [5.41, 5.74) is 9.80. The van der Waals surface area contributed by atoms with Crippen LogP contribution in [-0.4, -0.2) is 155 Å². The molecular formula is C48H59N13O5S. The molecule has 4 aliphatic rings. The van der Waals surface area contributed by atoms with Gasteiger partial charge in [-0.15, -0.1) is 11.3 Å². The number of aromatic hydroxyl groups is 2.